The molecule has 0 atom stereocenters. The van der Waals surface area contributed by atoms with Crippen LogP contribution in [0.15, 0.2) is 70.5 Å². The quantitative estimate of drug-likeness (QED) is 0.605. The molecule has 0 aliphatic rings. The second-order valence-corrected chi connectivity index (χ2v) is 8.67. The molecule has 0 radical (unpaired) electrons. The van der Waals surface area contributed by atoms with Gasteiger partial charge >= 0.3 is 5.97 Å². The molecule has 0 amide bonds. The van der Waals surface area contributed by atoms with E-state index >= 15 is 0 Å². The van der Waals surface area contributed by atoms with Gasteiger partial charge in [-0.1, -0.05) is 29.3 Å². The van der Waals surface area contributed by atoms with Gasteiger partial charge in [-0.3, -0.25) is 0 Å². The van der Waals surface area contributed by atoms with Gasteiger partial charge in [-0.05, 0) is 55.5 Å². The molecule has 0 unspecified atom stereocenters. The van der Waals surface area contributed by atoms with E-state index in [-0.39, 0.29) is 26.7 Å². The number of carboxylic acid groups (broad SMARTS) is 1. The molecule has 5 nitrogen and oxygen atoms in total. The van der Waals surface area contributed by atoms with Gasteiger partial charge < -0.3 is 9.84 Å². The maximum atomic E-state index is 14.9. The Bertz CT molecular complexity index is 1170. The summed E-state index contributed by atoms with van der Waals surface area (Å²) in [4.78, 5) is 10.6. The fourth-order valence-electron chi connectivity index (χ4n) is 2.71. The van der Waals surface area contributed by atoms with Crippen LogP contribution in [0.3, 0.4) is 0 Å². The van der Waals surface area contributed by atoms with Crippen LogP contribution in [0.5, 0.6) is 5.75 Å². The fraction of sp³-hybridized carbons (Fsp3) is 0.0952. The molecule has 0 heterocycles. The zero-order valence-electron chi connectivity index (χ0n) is 15.2. The molecule has 0 saturated carbocycles. The molecular formula is C21H16ClFO5S. The summed E-state index contributed by atoms with van der Waals surface area (Å²) in [6, 6.07) is 14.1. The van der Waals surface area contributed by atoms with Gasteiger partial charge in [0, 0.05) is 16.1 Å². The Morgan fingerprint density at radius 2 is 1.66 bits per heavy atom. The van der Waals surface area contributed by atoms with Crippen LogP contribution < -0.4 is 4.74 Å². The highest BCUT2D eigenvalue weighted by atomic mass is 35.5. The molecule has 0 bridgehead atoms. The number of sulfone groups is 1. The number of halogens is 2. The molecular weight excluding hydrogens is 419 g/mol. The van der Waals surface area contributed by atoms with E-state index in [1.54, 1.807) is 12.1 Å². The third-order valence-corrected chi connectivity index (χ3v) is 6.17. The average molecular weight is 435 g/mol. The number of hydrogen-bond donors (Lipinski definition) is 1. The molecule has 29 heavy (non-hydrogen) atoms. The van der Waals surface area contributed by atoms with Crippen molar-refractivity contribution in [2.45, 2.75) is 16.7 Å². The number of rotatable bonds is 6. The lowest BCUT2D eigenvalue weighted by Crippen LogP contribution is -2.10. The SMILES string of the molecule is Cc1ccc(S(=O)(=O)c2ccc(-c3cc(Cl)ccc3OCC(=O)O)c(F)c2)cc1. The first-order chi connectivity index (χ1) is 13.7. The van der Waals surface area contributed by atoms with Gasteiger partial charge in [0.2, 0.25) is 9.84 Å². The van der Waals surface area contributed by atoms with Crippen LogP contribution >= 0.6 is 11.6 Å². The van der Waals surface area contributed by atoms with Gasteiger partial charge in [0.1, 0.15) is 11.6 Å². The van der Waals surface area contributed by atoms with Crippen LogP contribution in [0, 0.1) is 12.7 Å². The van der Waals surface area contributed by atoms with Gasteiger partial charge in [0.25, 0.3) is 0 Å². The summed E-state index contributed by atoms with van der Waals surface area (Å²) in [6.07, 6.45) is 0. The Hall–Kier alpha value is -2.90. The molecule has 3 rings (SSSR count). The van der Waals surface area contributed by atoms with Gasteiger partial charge in [-0.2, -0.15) is 0 Å². The number of carbonyl (C=O) groups is 1. The van der Waals surface area contributed by atoms with E-state index in [1.807, 2.05) is 6.92 Å². The van der Waals surface area contributed by atoms with Crippen molar-refractivity contribution < 1.29 is 27.4 Å². The van der Waals surface area contributed by atoms with Gasteiger partial charge in [-0.15, -0.1) is 0 Å². The van der Waals surface area contributed by atoms with E-state index in [1.165, 1.54) is 42.5 Å². The van der Waals surface area contributed by atoms with Gasteiger partial charge in [-0.25, -0.2) is 17.6 Å². The fourth-order valence-corrected chi connectivity index (χ4v) is 4.16. The third kappa shape index (κ3) is 4.58. The minimum Gasteiger partial charge on any atom is -0.481 e. The lowest BCUT2D eigenvalue weighted by Gasteiger charge is -2.13. The summed E-state index contributed by atoms with van der Waals surface area (Å²) in [7, 11) is -3.89. The van der Waals surface area contributed by atoms with E-state index in [9.17, 15) is 17.6 Å². The first-order valence-corrected chi connectivity index (χ1v) is 10.3. The van der Waals surface area contributed by atoms with Crippen molar-refractivity contribution in [1.29, 1.82) is 0 Å². The molecule has 0 spiro atoms. The predicted octanol–water partition coefficient (Wildman–Crippen LogP) is 4.75. The lowest BCUT2D eigenvalue weighted by molar-refractivity contribution is -0.139. The molecule has 150 valence electrons. The number of ether oxygens (including phenoxy) is 1. The van der Waals surface area contributed by atoms with Gasteiger partial charge in [0.05, 0.1) is 9.79 Å². The lowest BCUT2D eigenvalue weighted by atomic mass is 10.0. The largest absolute Gasteiger partial charge is 0.481 e. The maximum Gasteiger partial charge on any atom is 0.341 e. The minimum atomic E-state index is -3.89. The molecule has 0 saturated heterocycles. The summed E-state index contributed by atoms with van der Waals surface area (Å²) in [5.74, 6) is -1.88. The van der Waals surface area contributed by atoms with Crippen molar-refractivity contribution in [3.05, 3.63) is 77.1 Å². The summed E-state index contributed by atoms with van der Waals surface area (Å²) >= 11 is 5.99. The van der Waals surface area contributed by atoms with Crippen molar-refractivity contribution in [3.8, 4) is 16.9 Å². The van der Waals surface area contributed by atoms with E-state index in [2.05, 4.69) is 0 Å². The summed E-state index contributed by atoms with van der Waals surface area (Å²) < 4.78 is 45.6. The zero-order chi connectivity index (χ0) is 21.2. The summed E-state index contributed by atoms with van der Waals surface area (Å²) in [6.45, 7) is 1.22. The Kier molecular flexibility index (Phi) is 5.91. The van der Waals surface area contributed by atoms with Crippen molar-refractivity contribution >= 4 is 27.4 Å². The Morgan fingerprint density at radius 3 is 2.28 bits per heavy atom. The van der Waals surface area contributed by atoms with Crippen molar-refractivity contribution in [3.63, 3.8) is 0 Å². The van der Waals surface area contributed by atoms with Crippen LogP contribution in [-0.2, 0) is 14.6 Å². The Morgan fingerprint density at radius 1 is 1.00 bits per heavy atom. The van der Waals surface area contributed by atoms with E-state index in [0.717, 1.165) is 11.6 Å². The highest BCUT2D eigenvalue weighted by Crippen LogP contribution is 2.35. The van der Waals surface area contributed by atoms with Crippen molar-refractivity contribution in [2.75, 3.05) is 6.61 Å². The van der Waals surface area contributed by atoms with E-state index in [4.69, 9.17) is 21.4 Å². The summed E-state index contributed by atoms with van der Waals surface area (Å²) in [5, 5.41) is 9.10. The molecule has 8 heteroatoms. The molecule has 3 aromatic rings. The van der Waals surface area contributed by atoms with Crippen LogP contribution in [0.4, 0.5) is 4.39 Å². The number of benzene rings is 3. The molecule has 0 aliphatic carbocycles. The molecule has 0 aliphatic heterocycles. The first kappa shape index (κ1) is 20.8. The van der Waals surface area contributed by atoms with Gasteiger partial charge in [0.15, 0.2) is 6.61 Å². The molecule has 1 N–H and O–H groups in total. The second-order valence-electron chi connectivity index (χ2n) is 6.28. The number of aryl methyl sites for hydroxylation is 1. The predicted molar refractivity (Wildman–Crippen MR) is 107 cm³/mol. The van der Waals surface area contributed by atoms with Crippen LogP contribution in [-0.4, -0.2) is 26.1 Å². The normalized spacial score (nSPS) is 11.3. The monoisotopic (exact) mass is 434 g/mol. The van der Waals surface area contributed by atoms with Crippen molar-refractivity contribution in [2.24, 2.45) is 0 Å². The van der Waals surface area contributed by atoms with E-state index < -0.39 is 28.2 Å². The molecule has 0 fully saturated rings. The maximum absolute atomic E-state index is 14.9. The minimum absolute atomic E-state index is 0.0377. The average Bonchev–Trinajstić information content (AvgIpc) is 2.67. The smallest absolute Gasteiger partial charge is 0.341 e. The number of hydrogen-bond acceptors (Lipinski definition) is 4. The van der Waals surface area contributed by atoms with Crippen LogP contribution in [0.1, 0.15) is 5.56 Å². The highest BCUT2D eigenvalue weighted by Gasteiger charge is 2.21. The number of aliphatic carboxylic acids is 1. The third-order valence-electron chi connectivity index (χ3n) is 4.17. The Labute approximate surface area is 172 Å². The number of carboxylic acids is 1. The van der Waals surface area contributed by atoms with Crippen LogP contribution in [0.25, 0.3) is 11.1 Å². The van der Waals surface area contributed by atoms with E-state index in [0.29, 0.717) is 5.02 Å². The first-order valence-electron chi connectivity index (χ1n) is 8.44. The molecule has 3 aromatic carbocycles. The highest BCUT2D eigenvalue weighted by molar-refractivity contribution is 7.91. The standard InChI is InChI=1S/C21H16ClFO5S/c1-13-2-5-15(6-3-13)29(26,27)16-7-8-17(19(23)11-16)18-10-14(22)4-9-20(18)28-12-21(24)25/h2-11H,12H2,1H3,(H,24,25). The topological polar surface area (TPSA) is 80.7 Å². The van der Waals surface area contributed by atoms with Crippen molar-refractivity contribution in [1.82, 2.24) is 0 Å². The van der Waals surface area contributed by atoms with Crippen LogP contribution in [0.2, 0.25) is 5.02 Å². The summed E-state index contributed by atoms with van der Waals surface area (Å²) in [5.41, 5.74) is 1.16. The second kappa shape index (κ2) is 8.23. The molecule has 0 aromatic heterocycles. The Balaban J connectivity index is 2.03. The zero-order valence-corrected chi connectivity index (χ0v) is 16.8.